The number of aromatic nitrogens is 2. The zero-order chi connectivity index (χ0) is 18.8. The van der Waals surface area contributed by atoms with Gasteiger partial charge in [-0.3, -0.25) is 14.8 Å². The second-order valence-electron chi connectivity index (χ2n) is 7.51. The fourth-order valence-corrected chi connectivity index (χ4v) is 4.31. The number of rotatable bonds is 4. The first-order chi connectivity index (χ1) is 13.1. The van der Waals surface area contributed by atoms with Gasteiger partial charge in [-0.1, -0.05) is 0 Å². The molecular formula is C19H26N6O2. The Morgan fingerprint density at radius 3 is 2.22 bits per heavy atom. The second kappa shape index (κ2) is 7.56. The van der Waals surface area contributed by atoms with Gasteiger partial charge in [-0.2, -0.15) is 5.10 Å². The van der Waals surface area contributed by atoms with Crippen molar-refractivity contribution in [1.82, 2.24) is 14.7 Å². The molecule has 8 heteroatoms. The molecule has 2 aliphatic rings. The minimum Gasteiger partial charge on any atom is -0.399 e. The van der Waals surface area contributed by atoms with Crippen molar-refractivity contribution in [2.45, 2.75) is 37.8 Å². The van der Waals surface area contributed by atoms with Crippen LogP contribution < -0.4 is 10.6 Å². The lowest BCUT2D eigenvalue weighted by atomic mass is 9.97. The smallest absolute Gasteiger partial charge is 0.307 e. The van der Waals surface area contributed by atoms with E-state index in [1.807, 2.05) is 12.1 Å². The van der Waals surface area contributed by atoms with Crippen LogP contribution in [0.1, 0.15) is 31.7 Å². The lowest BCUT2D eigenvalue weighted by Gasteiger charge is -2.42. The van der Waals surface area contributed by atoms with E-state index in [9.17, 15) is 10.1 Å². The maximum Gasteiger partial charge on any atom is 0.307 e. The number of nitrogens with zero attached hydrogens (tertiary/aromatic N) is 5. The molecule has 0 aliphatic carbocycles. The Labute approximate surface area is 158 Å². The molecule has 0 bridgehead atoms. The largest absolute Gasteiger partial charge is 0.399 e. The first-order valence-electron chi connectivity index (χ1n) is 9.63. The summed E-state index contributed by atoms with van der Waals surface area (Å²) in [5.41, 5.74) is 7.91. The van der Waals surface area contributed by atoms with Crippen molar-refractivity contribution in [3.63, 3.8) is 0 Å². The van der Waals surface area contributed by atoms with Gasteiger partial charge in [0.05, 0.1) is 11.0 Å². The molecule has 0 saturated carbocycles. The number of likely N-dealkylation sites (tertiary alicyclic amines) is 1. The van der Waals surface area contributed by atoms with E-state index in [0.29, 0.717) is 6.04 Å². The summed E-state index contributed by atoms with van der Waals surface area (Å²) in [4.78, 5) is 15.5. The topological polar surface area (TPSA) is 93.5 Å². The van der Waals surface area contributed by atoms with Crippen LogP contribution in [-0.4, -0.2) is 51.8 Å². The molecule has 27 heavy (non-hydrogen) atoms. The number of nitrogens with two attached hydrogens (primary N) is 1. The van der Waals surface area contributed by atoms with Crippen LogP contribution in [0.5, 0.6) is 0 Å². The number of benzene rings is 1. The Kier molecular flexibility index (Phi) is 4.98. The van der Waals surface area contributed by atoms with Crippen LogP contribution in [-0.2, 0) is 0 Å². The molecule has 2 aromatic rings. The Morgan fingerprint density at radius 2 is 1.63 bits per heavy atom. The van der Waals surface area contributed by atoms with Crippen LogP contribution in [0.15, 0.2) is 36.7 Å². The molecule has 0 unspecified atom stereocenters. The number of piperidine rings is 2. The molecular weight excluding hydrogens is 344 g/mol. The summed E-state index contributed by atoms with van der Waals surface area (Å²) in [5, 5.41) is 15.0. The van der Waals surface area contributed by atoms with E-state index in [0.717, 1.165) is 44.7 Å². The third kappa shape index (κ3) is 3.90. The SMILES string of the molecule is Nc1ccc(N2CCC(N3CCC(n4cc([N+](=O)[O-])cn4)CC3)CC2)cc1. The zero-order valence-corrected chi connectivity index (χ0v) is 15.4. The molecule has 3 heterocycles. The van der Waals surface area contributed by atoms with E-state index >= 15 is 0 Å². The van der Waals surface area contributed by atoms with Gasteiger partial charge in [0.1, 0.15) is 12.4 Å². The summed E-state index contributed by atoms with van der Waals surface area (Å²) in [5.74, 6) is 0. The molecule has 0 spiro atoms. The van der Waals surface area contributed by atoms with Crippen molar-refractivity contribution < 1.29 is 4.92 Å². The number of hydrogen-bond acceptors (Lipinski definition) is 6. The van der Waals surface area contributed by atoms with Gasteiger partial charge in [0.25, 0.3) is 0 Å². The van der Waals surface area contributed by atoms with Gasteiger partial charge < -0.3 is 15.5 Å². The van der Waals surface area contributed by atoms with Gasteiger partial charge in [-0.05, 0) is 49.9 Å². The molecule has 1 aromatic carbocycles. The molecule has 2 aliphatic heterocycles. The van der Waals surface area contributed by atoms with E-state index in [2.05, 4.69) is 27.0 Å². The number of anilines is 2. The van der Waals surface area contributed by atoms with Gasteiger partial charge in [0.2, 0.25) is 0 Å². The van der Waals surface area contributed by atoms with Gasteiger partial charge in [0, 0.05) is 43.6 Å². The van der Waals surface area contributed by atoms with E-state index < -0.39 is 0 Å². The highest BCUT2D eigenvalue weighted by Crippen LogP contribution is 2.29. The maximum absolute atomic E-state index is 10.8. The van der Waals surface area contributed by atoms with Crippen molar-refractivity contribution in [1.29, 1.82) is 0 Å². The summed E-state index contributed by atoms with van der Waals surface area (Å²) in [6.07, 6.45) is 7.24. The summed E-state index contributed by atoms with van der Waals surface area (Å²) in [6, 6.07) is 9.03. The minimum atomic E-state index is -0.381. The van der Waals surface area contributed by atoms with Crippen molar-refractivity contribution in [2.24, 2.45) is 0 Å². The third-order valence-corrected chi connectivity index (χ3v) is 5.91. The van der Waals surface area contributed by atoms with Crippen LogP contribution in [0.2, 0.25) is 0 Å². The molecule has 0 radical (unpaired) electrons. The normalized spacial score (nSPS) is 20.1. The average molecular weight is 370 g/mol. The molecule has 4 rings (SSSR count). The van der Waals surface area contributed by atoms with Crippen molar-refractivity contribution in [3.8, 4) is 0 Å². The van der Waals surface area contributed by atoms with Gasteiger partial charge in [0.15, 0.2) is 0 Å². The first-order valence-corrected chi connectivity index (χ1v) is 9.63. The fourth-order valence-electron chi connectivity index (χ4n) is 4.31. The molecule has 0 atom stereocenters. The highest BCUT2D eigenvalue weighted by molar-refractivity contribution is 5.53. The molecule has 2 fully saturated rings. The second-order valence-corrected chi connectivity index (χ2v) is 7.51. The van der Waals surface area contributed by atoms with Crippen molar-refractivity contribution in [2.75, 3.05) is 36.8 Å². The summed E-state index contributed by atoms with van der Waals surface area (Å²) in [6.45, 7) is 4.20. The summed E-state index contributed by atoms with van der Waals surface area (Å²) >= 11 is 0. The van der Waals surface area contributed by atoms with Crippen LogP contribution >= 0.6 is 0 Å². The van der Waals surface area contributed by atoms with Crippen LogP contribution in [0, 0.1) is 10.1 Å². The zero-order valence-electron chi connectivity index (χ0n) is 15.4. The van der Waals surface area contributed by atoms with Gasteiger partial charge in [-0.25, -0.2) is 0 Å². The molecule has 0 amide bonds. The summed E-state index contributed by atoms with van der Waals surface area (Å²) in [7, 11) is 0. The maximum atomic E-state index is 10.8. The number of hydrogen-bond donors (Lipinski definition) is 1. The summed E-state index contributed by atoms with van der Waals surface area (Å²) < 4.78 is 1.78. The highest BCUT2D eigenvalue weighted by Gasteiger charge is 2.29. The van der Waals surface area contributed by atoms with Crippen LogP contribution in [0.3, 0.4) is 0 Å². The van der Waals surface area contributed by atoms with Crippen LogP contribution in [0.4, 0.5) is 17.1 Å². The standard InChI is InChI=1S/C19H26N6O2/c20-15-1-3-16(4-2-15)22-9-5-17(6-10-22)23-11-7-18(8-12-23)24-14-19(13-21-24)25(26)27/h1-4,13-14,17-18H,5-12,20H2. The van der Waals surface area contributed by atoms with Crippen LogP contribution in [0.25, 0.3) is 0 Å². The molecule has 144 valence electrons. The lowest BCUT2D eigenvalue weighted by Crippen LogP contribution is -2.48. The van der Waals surface area contributed by atoms with E-state index in [1.54, 1.807) is 10.9 Å². The van der Waals surface area contributed by atoms with Crippen molar-refractivity contribution >= 4 is 17.1 Å². The predicted octanol–water partition coefficient (Wildman–Crippen LogP) is 2.68. The van der Waals surface area contributed by atoms with Gasteiger partial charge >= 0.3 is 5.69 Å². The molecule has 8 nitrogen and oxygen atoms in total. The first kappa shape index (κ1) is 17.8. The minimum absolute atomic E-state index is 0.0764. The Morgan fingerprint density at radius 1 is 1.00 bits per heavy atom. The monoisotopic (exact) mass is 370 g/mol. The molecule has 2 N–H and O–H groups in total. The molecule has 1 aromatic heterocycles. The average Bonchev–Trinajstić information content (AvgIpc) is 3.20. The Bertz CT molecular complexity index is 774. The molecule has 2 saturated heterocycles. The van der Waals surface area contributed by atoms with E-state index in [4.69, 9.17) is 5.73 Å². The quantitative estimate of drug-likeness (QED) is 0.505. The van der Waals surface area contributed by atoms with Gasteiger partial charge in [-0.15, -0.1) is 0 Å². The Balaban J connectivity index is 1.28. The highest BCUT2D eigenvalue weighted by atomic mass is 16.6. The lowest BCUT2D eigenvalue weighted by molar-refractivity contribution is -0.385. The van der Waals surface area contributed by atoms with Crippen molar-refractivity contribution in [3.05, 3.63) is 46.8 Å². The predicted molar refractivity (Wildman–Crippen MR) is 105 cm³/mol. The number of nitro groups is 1. The van der Waals surface area contributed by atoms with E-state index in [1.165, 1.54) is 24.7 Å². The van der Waals surface area contributed by atoms with E-state index in [-0.39, 0.29) is 16.7 Å². The Hall–Kier alpha value is -2.61. The third-order valence-electron chi connectivity index (χ3n) is 5.91. The fraction of sp³-hybridized carbons (Fsp3) is 0.526. The number of nitrogen functional groups attached to an aromatic ring is 1.